The molecule has 9 heteroatoms. The van der Waals surface area contributed by atoms with Gasteiger partial charge in [-0.05, 0) is 62.1 Å². The fourth-order valence-electron chi connectivity index (χ4n) is 4.61. The fraction of sp³-hybridized carbons (Fsp3) is 0.391. The molecule has 3 aromatic rings. The molecule has 2 aromatic carbocycles. The molecule has 5 rings (SSSR count). The number of anilines is 2. The summed E-state index contributed by atoms with van der Waals surface area (Å²) in [6.07, 6.45) is 3.69. The van der Waals surface area contributed by atoms with E-state index in [1.54, 1.807) is 17.0 Å². The quantitative estimate of drug-likeness (QED) is 0.565. The molecule has 1 fully saturated rings. The molecule has 168 valence electrons. The summed E-state index contributed by atoms with van der Waals surface area (Å²) in [6, 6.07) is 13.0. The monoisotopic (exact) mass is 471 g/mol. The smallest absolute Gasteiger partial charge is 0.260 e. The number of fused-ring (bicyclic) bond motifs is 2. The maximum atomic E-state index is 13.7. The van der Waals surface area contributed by atoms with Crippen LogP contribution in [-0.4, -0.2) is 50.9 Å². The maximum Gasteiger partial charge on any atom is 0.260 e. The summed E-state index contributed by atoms with van der Waals surface area (Å²) in [4.78, 5) is 20.1. The highest BCUT2D eigenvalue weighted by Gasteiger charge is 2.34. The zero-order valence-corrected chi connectivity index (χ0v) is 19.7. The number of thiazole rings is 1. The SMILES string of the molecule is C[C@@H]1Cc2cc(C(=O)N(C[C@H]3CCCO3)c3nc4ccccc4s3)ccc2N1S(C)(=O)=O. The van der Waals surface area contributed by atoms with Crippen molar-refractivity contribution in [3.63, 3.8) is 0 Å². The van der Waals surface area contributed by atoms with E-state index in [1.807, 2.05) is 37.3 Å². The van der Waals surface area contributed by atoms with Gasteiger partial charge in [-0.25, -0.2) is 13.4 Å². The Morgan fingerprint density at radius 2 is 2.09 bits per heavy atom. The van der Waals surface area contributed by atoms with Gasteiger partial charge in [-0.3, -0.25) is 14.0 Å². The topological polar surface area (TPSA) is 79.8 Å². The minimum Gasteiger partial charge on any atom is -0.376 e. The van der Waals surface area contributed by atoms with E-state index in [-0.39, 0.29) is 18.1 Å². The molecule has 1 saturated heterocycles. The van der Waals surface area contributed by atoms with Gasteiger partial charge >= 0.3 is 0 Å². The van der Waals surface area contributed by atoms with Crippen molar-refractivity contribution in [1.82, 2.24) is 4.98 Å². The minimum atomic E-state index is -3.37. The average Bonchev–Trinajstić information content (AvgIpc) is 3.47. The number of carbonyl (C=O) groups is 1. The van der Waals surface area contributed by atoms with Gasteiger partial charge in [0.05, 0.1) is 34.8 Å². The minimum absolute atomic E-state index is 0.0128. The summed E-state index contributed by atoms with van der Waals surface area (Å²) in [6.45, 7) is 3.04. The Balaban J connectivity index is 1.51. The molecule has 0 bridgehead atoms. The van der Waals surface area contributed by atoms with Gasteiger partial charge in [-0.1, -0.05) is 23.5 Å². The second-order valence-corrected chi connectivity index (χ2v) is 11.3. The van der Waals surface area contributed by atoms with Crippen molar-refractivity contribution in [2.75, 3.05) is 28.6 Å². The molecule has 0 N–H and O–H groups in total. The molecule has 1 amide bonds. The first-order valence-electron chi connectivity index (χ1n) is 10.7. The largest absolute Gasteiger partial charge is 0.376 e. The summed E-state index contributed by atoms with van der Waals surface area (Å²) in [7, 11) is -3.37. The third kappa shape index (κ3) is 3.89. The highest BCUT2D eigenvalue weighted by Crippen LogP contribution is 2.36. The van der Waals surface area contributed by atoms with Gasteiger partial charge in [0.1, 0.15) is 0 Å². The van der Waals surface area contributed by atoms with Crippen LogP contribution in [0.4, 0.5) is 10.8 Å². The number of carbonyl (C=O) groups excluding carboxylic acids is 1. The molecular formula is C23H25N3O4S2. The van der Waals surface area contributed by atoms with Gasteiger partial charge in [0.2, 0.25) is 10.0 Å². The van der Waals surface area contributed by atoms with E-state index in [2.05, 4.69) is 0 Å². The Kier molecular flexibility index (Phi) is 5.43. The highest BCUT2D eigenvalue weighted by atomic mass is 32.2. The summed E-state index contributed by atoms with van der Waals surface area (Å²) in [5.74, 6) is -0.146. The van der Waals surface area contributed by atoms with Gasteiger partial charge < -0.3 is 4.74 Å². The Bertz CT molecular complexity index is 1250. The van der Waals surface area contributed by atoms with E-state index in [4.69, 9.17) is 9.72 Å². The molecule has 0 saturated carbocycles. The molecule has 3 heterocycles. The average molecular weight is 472 g/mol. The molecule has 0 radical (unpaired) electrons. The van der Waals surface area contributed by atoms with E-state index >= 15 is 0 Å². The molecule has 0 spiro atoms. The predicted octanol–water partition coefficient (Wildman–Crippen LogP) is 3.83. The first-order valence-corrected chi connectivity index (χ1v) is 13.4. The lowest BCUT2D eigenvalue weighted by molar-refractivity contribution is 0.0917. The van der Waals surface area contributed by atoms with Crippen molar-refractivity contribution >= 4 is 48.3 Å². The normalized spacial score (nSPS) is 20.6. The number of benzene rings is 2. The molecule has 32 heavy (non-hydrogen) atoms. The maximum absolute atomic E-state index is 13.7. The van der Waals surface area contributed by atoms with Gasteiger partial charge in [0.25, 0.3) is 5.91 Å². The first kappa shape index (κ1) is 21.4. The lowest BCUT2D eigenvalue weighted by atomic mass is 10.1. The van der Waals surface area contributed by atoms with Gasteiger partial charge in [0.15, 0.2) is 5.13 Å². The number of amides is 1. The molecular weight excluding hydrogens is 446 g/mol. The van der Waals surface area contributed by atoms with E-state index in [1.165, 1.54) is 21.9 Å². The summed E-state index contributed by atoms with van der Waals surface area (Å²) in [5.41, 5.74) is 2.92. The van der Waals surface area contributed by atoms with E-state index in [9.17, 15) is 13.2 Å². The van der Waals surface area contributed by atoms with Crippen LogP contribution in [0.25, 0.3) is 10.2 Å². The van der Waals surface area contributed by atoms with Crippen LogP contribution in [0, 0.1) is 0 Å². The second kappa shape index (κ2) is 8.13. The van der Waals surface area contributed by atoms with E-state index in [0.717, 1.165) is 28.6 Å². The van der Waals surface area contributed by atoms with E-state index in [0.29, 0.717) is 36.0 Å². The van der Waals surface area contributed by atoms with Crippen molar-refractivity contribution in [3.05, 3.63) is 53.6 Å². The predicted molar refractivity (Wildman–Crippen MR) is 127 cm³/mol. The van der Waals surface area contributed by atoms with Crippen molar-refractivity contribution in [2.45, 2.75) is 38.3 Å². The zero-order valence-electron chi connectivity index (χ0n) is 18.0. The number of hydrogen-bond donors (Lipinski definition) is 0. The van der Waals surface area contributed by atoms with Gasteiger partial charge in [-0.15, -0.1) is 0 Å². The standard InChI is InChI=1S/C23H25N3O4S2/c1-15-12-17-13-16(9-10-20(17)26(15)32(2,28)29)22(27)25(14-18-6-5-11-30-18)23-24-19-7-3-4-8-21(19)31-23/h3-4,7-10,13,15,18H,5-6,11-12,14H2,1-2H3/t15-,18-/m1/s1. The van der Waals surface area contributed by atoms with Crippen LogP contribution in [-0.2, 0) is 21.2 Å². The third-order valence-corrected chi connectivity index (χ3v) is 8.34. The number of hydrogen-bond acceptors (Lipinski definition) is 6. The Hall–Kier alpha value is -2.49. The third-order valence-electron chi connectivity index (χ3n) is 6.01. The Morgan fingerprint density at radius 3 is 2.81 bits per heavy atom. The lowest BCUT2D eigenvalue weighted by Crippen LogP contribution is -2.37. The number of rotatable bonds is 5. The first-order chi connectivity index (χ1) is 15.3. The molecule has 2 aliphatic heterocycles. The fourth-order valence-corrected chi connectivity index (χ4v) is 6.85. The van der Waals surface area contributed by atoms with Gasteiger partial charge in [0, 0.05) is 18.2 Å². The molecule has 7 nitrogen and oxygen atoms in total. The van der Waals surface area contributed by atoms with E-state index < -0.39 is 10.0 Å². The second-order valence-electron chi connectivity index (χ2n) is 8.47. The number of nitrogens with zero attached hydrogens (tertiary/aromatic N) is 3. The van der Waals surface area contributed by atoms with Crippen molar-refractivity contribution in [1.29, 1.82) is 0 Å². The number of aromatic nitrogens is 1. The number of ether oxygens (including phenoxy) is 1. The number of para-hydroxylation sites is 1. The van der Waals surface area contributed by atoms with Crippen LogP contribution >= 0.6 is 11.3 Å². The van der Waals surface area contributed by atoms with Crippen LogP contribution < -0.4 is 9.21 Å². The van der Waals surface area contributed by atoms with Crippen LogP contribution in [0.5, 0.6) is 0 Å². The molecule has 2 atom stereocenters. The van der Waals surface area contributed by atoms with Crippen LogP contribution in [0.3, 0.4) is 0 Å². The van der Waals surface area contributed by atoms with Crippen molar-refractivity contribution < 1.29 is 17.9 Å². The highest BCUT2D eigenvalue weighted by molar-refractivity contribution is 7.92. The summed E-state index contributed by atoms with van der Waals surface area (Å²) < 4.78 is 32.7. The molecule has 0 aliphatic carbocycles. The Labute approximate surface area is 191 Å². The van der Waals surface area contributed by atoms with Crippen molar-refractivity contribution in [2.24, 2.45) is 0 Å². The van der Waals surface area contributed by atoms with Crippen LogP contribution in [0.2, 0.25) is 0 Å². The molecule has 2 aliphatic rings. The van der Waals surface area contributed by atoms with Crippen LogP contribution in [0.1, 0.15) is 35.7 Å². The van der Waals surface area contributed by atoms with Gasteiger partial charge in [-0.2, -0.15) is 0 Å². The molecule has 0 unspecified atom stereocenters. The summed E-state index contributed by atoms with van der Waals surface area (Å²) >= 11 is 1.49. The Morgan fingerprint density at radius 1 is 1.28 bits per heavy atom. The zero-order chi connectivity index (χ0) is 22.5. The number of sulfonamides is 1. The van der Waals surface area contributed by atoms with Crippen molar-refractivity contribution in [3.8, 4) is 0 Å². The lowest BCUT2D eigenvalue weighted by Gasteiger charge is -2.24. The summed E-state index contributed by atoms with van der Waals surface area (Å²) in [5, 5.41) is 0.651. The molecule has 1 aromatic heterocycles. The van der Waals surface area contributed by atoms with Crippen LogP contribution in [0.15, 0.2) is 42.5 Å².